The first-order chi connectivity index (χ1) is 8.27. The van der Waals surface area contributed by atoms with E-state index >= 15 is 0 Å². The van der Waals surface area contributed by atoms with Gasteiger partial charge in [-0.1, -0.05) is 0 Å². The fourth-order valence-corrected chi connectivity index (χ4v) is 2.78. The maximum Gasteiger partial charge on any atom is 0.184 e. The molecule has 1 unspecified atom stereocenters. The lowest BCUT2D eigenvalue weighted by molar-refractivity contribution is -0.236. The quantitative estimate of drug-likeness (QED) is 0.735. The molecule has 0 aromatic carbocycles. The van der Waals surface area contributed by atoms with Crippen LogP contribution in [0, 0.1) is 0 Å². The van der Waals surface area contributed by atoms with E-state index in [9.17, 15) is 5.11 Å². The molecule has 6 heteroatoms. The highest BCUT2D eigenvalue weighted by molar-refractivity contribution is 4.99. The molecule has 3 rings (SSSR count). The Balaban J connectivity index is 1.75. The molecule has 0 aromatic rings. The first kappa shape index (κ1) is 12.8. The number of aliphatic hydroxyl groups excluding tert-OH is 1. The van der Waals surface area contributed by atoms with Crippen molar-refractivity contribution in [2.45, 2.75) is 70.0 Å². The van der Waals surface area contributed by atoms with Crippen LogP contribution in [0.3, 0.4) is 0 Å². The van der Waals surface area contributed by atoms with E-state index in [2.05, 4.69) is 0 Å². The SMILES string of the molecule is CC1(C)OC[C@H](C2O[C@H](O)[C@H]3OC(C)(C)O[C@@H]23)O1. The summed E-state index contributed by atoms with van der Waals surface area (Å²) in [7, 11) is 0. The fraction of sp³-hybridized carbons (Fsp3) is 1.00. The smallest absolute Gasteiger partial charge is 0.184 e. The zero-order valence-electron chi connectivity index (χ0n) is 11.1. The van der Waals surface area contributed by atoms with E-state index in [0.29, 0.717) is 6.61 Å². The highest BCUT2D eigenvalue weighted by atomic mass is 16.8. The van der Waals surface area contributed by atoms with E-state index < -0.39 is 24.0 Å². The molecule has 0 amide bonds. The number of aliphatic hydroxyl groups is 1. The third-order valence-electron chi connectivity index (χ3n) is 3.46. The highest BCUT2D eigenvalue weighted by Crippen LogP contribution is 2.41. The van der Waals surface area contributed by atoms with Gasteiger partial charge in [0.2, 0.25) is 0 Å². The molecule has 3 saturated heterocycles. The molecular formula is C12H20O6. The van der Waals surface area contributed by atoms with E-state index in [4.69, 9.17) is 23.7 Å². The van der Waals surface area contributed by atoms with E-state index in [1.807, 2.05) is 27.7 Å². The molecular weight excluding hydrogens is 240 g/mol. The molecule has 6 nitrogen and oxygen atoms in total. The molecule has 5 atom stereocenters. The first-order valence-electron chi connectivity index (χ1n) is 6.28. The van der Waals surface area contributed by atoms with Crippen molar-refractivity contribution in [1.82, 2.24) is 0 Å². The van der Waals surface area contributed by atoms with Crippen molar-refractivity contribution in [3.8, 4) is 0 Å². The molecule has 3 aliphatic heterocycles. The number of fused-ring (bicyclic) bond motifs is 1. The van der Waals surface area contributed by atoms with Gasteiger partial charge in [0.25, 0.3) is 0 Å². The second-order valence-corrected chi connectivity index (χ2v) is 5.92. The molecule has 0 aromatic heterocycles. The summed E-state index contributed by atoms with van der Waals surface area (Å²) < 4.78 is 28.2. The van der Waals surface area contributed by atoms with E-state index in [1.54, 1.807) is 0 Å². The van der Waals surface area contributed by atoms with Crippen LogP contribution in [0.25, 0.3) is 0 Å². The average Bonchev–Trinajstić information content (AvgIpc) is 2.81. The van der Waals surface area contributed by atoms with Crippen molar-refractivity contribution in [3.63, 3.8) is 0 Å². The van der Waals surface area contributed by atoms with Crippen LogP contribution in [0.4, 0.5) is 0 Å². The Morgan fingerprint density at radius 2 is 1.56 bits per heavy atom. The van der Waals surface area contributed by atoms with Crippen LogP contribution in [0.2, 0.25) is 0 Å². The summed E-state index contributed by atoms with van der Waals surface area (Å²) in [6.45, 7) is 7.78. The molecule has 1 N–H and O–H groups in total. The van der Waals surface area contributed by atoms with Gasteiger partial charge in [-0.15, -0.1) is 0 Å². The molecule has 0 aliphatic carbocycles. The van der Waals surface area contributed by atoms with Gasteiger partial charge in [0.05, 0.1) is 6.61 Å². The van der Waals surface area contributed by atoms with Crippen molar-refractivity contribution < 1.29 is 28.8 Å². The van der Waals surface area contributed by atoms with Gasteiger partial charge in [-0.25, -0.2) is 0 Å². The van der Waals surface area contributed by atoms with Crippen molar-refractivity contribution in [1.29, 1.82) is 0 Å². The van der Waals surface area contributed by atoms with Crippen LogP contribution in [0.5, 0.6) is 0 Å². The summed E-state index contributed by atoms with van der Waals surface area (Å²) in [4.78, 5) is 0. The Morgan fingerprint density at radius 3 is 2.17 bits per heavy atom. The van der Waals surface area contributed by atoms with Crippen LogP contribution >= 0.6 is 0 Å². The van der Waals surface area contributed by atoms with Crippen molar-refractivity contribution in [2.24, 2.45) is 0 Å². The zero-order valence-corrected chi connectivity index (χ0v) is 11.1. The number of ether oxygens (including phenoxy) is 5. The first-order valence-corrected chi connectivity index (χ1v) is 6.28. The van der Waals surface area contributed by atoms with Crippen molar-refractivity contribution in [2.75, 3.05) is 6.61 Å². The van der Waals surface area contributed by atoms with Crippen molar-refractivity contribution in [3.05, 3.63) is 0 Å². The molecule has 0 bridgehead atoms. The van der Waals surface area contributed by atoms with Crippen LogP contribution in [-0.2, 0) is 23.7 Å². The number of hydrogen-bond acceptors (Lipinski definition) is 6. The van der Waals surface area contributed by atoms with Crippen LogP contribution in [-0.4, -0.2) is 54.0 Å². The molecule has 3 heterocycles. The fourth-order valence-electron chi connectivity index (χ4n) is 2.78. The molecule has 18 heavy (non-hydrogen) atoms. The van der Waals surface area contributed by atoms with Gasteiger partial charge >= 0.3 is 0 Å². The van der Waals surface area contributed by atoms with E-state index in [-0.39, 0.29) is 18.3 Å². The summed E-state index contributed by atoms with van der Waals surface area (Å²) in [5.74, 6) is -1.32. The molecule has 3 fully saturated rings. The topological polar surface area (TPSA) is 66.4 Å². The Morgan fingerprint density at radius 1 is 0.889 bits per heavy atom. The lowest BCUT2D eigenvalue weighted by Crippen LogP contribution is -2.40. The zero-order chi connectivity index (χ0) is 13.1. The average molecular weight is 260 g/mol. The van der Waals surface area contributed by atoms with Crippen molar-refractivity contribution >= 4 is 0 Å². The molecule has 0 spiro atoms. The Bertz CT molecular complexity index is 341. The summed E-state index contributed by atoms with van der Waals surface area (Å²) in [6, 6.07) is 0. The van der Waals surface area contributed by atoms with Crippen LogP contribution in [0.15, 0.2) is 0 Å². The highest BCUT2D eigenvalue weighted by Gasteiger charge is 2.58. The summed E-state index contributed by atoms with van der Waals surface area (Å²) in [5.41, 5.74) is 0. The second-order valence-electron chi connectivity index (χ2n) is 5.92. The number of rotatable bonds is 1. The molecule has 0 radical (unpaired) electrons. The normalized spacial score (nSPS) is 49.5. The molecule has 104 valence electrons. The summed E-state index contributed by atoms with van der Waals surface area (Å²) in [5, 5.41) is 9.87. The van der Waals surface area contributed by atoms with Gasteiger partial charge in [-0.05, 0) is 27.7 Å². The minimum Gasteiger partial charge on any atom is -0.366 e. The largest absolute Gasteiger partial charge is 0.366 e. The Hall–Kier alpha value is -0.240. The second kappa shape index (κ2) is 3.88. The monoisotopic (exact) mass is 260 g/mol. The minimum absolute atomic E-state index is 0.248. The van der Waals surface area contributed by atoms with E-state index in [1.165, 1.54) is 0 Å². The van der Waals surface area contributed by atoms with Gasteiger partial charge < -0.3 is 28.8 Å². The van der Waals surface area contributed by atoms with Crippen LogP contribution < -0.4 is 0 Å². The molecule has 0 saturated carbocycles. The lowest BCUT2D eigenvalue weighted by Gasteiger charge is -2.26. The minimum atomic E-state index is -0.978. The predicted octanol–water partition coefficient (Wildman–Crippen LogP) is 0.375. The number of hydrogen-bond donors (Lipinski definition) is 1. The maximum atomic E-state index is 9.87. The van der Waals surface area contributed by atoms with Gasteiger partial charge in [-0.2, -0.15) is 0 Å². The maximum absolute atomic E-state index is 9.87. The summed E-state index contributed by atoms with van der Waals surface area (Å²) >= 11 is 0. The lowest BCUT2D eigenvalue weighted by atomic mass is 10.1. The van der Waals surface area contributed by atoms with E-state index in [0.717, 1.165) is 0 Å². The van der Waals surface area contributed by atoms with Gasteiger partial charge in [0.1, 0.15) is 24.4 Å². The Kier molecular flexibility index (Phi) is 2.75. The standard InChI is InChI=1S/C12H20O6/c1-11(2)14-5-6(16-11)7-8-9(10(13)15-7)18-12(3,4)17-8/h6-10,13H,5H2,1-4H3/t6-,7?,8+,9+,10+/m1/s1. The Labute approximate surface area is 106 Å². The van der Waals surface area contributed by atoms with Gasteiger partial charge in [0, 0.05) is 0 Å². The van der Waals surface area contributed by atoms with Crippen LogP contribution in [0.1, 0.15) is 27.7 Å². The molecule has 3 aliphatic rings. The summed E-state index contributed by atoms with van der Waals surface area (Å²) in [6.07, 6.45) is -2.38. The van der Waals surface area contributed by atoms with Gasteiger partial charge in [-0.3, -0.25) is 0 Å². The predicted molar refractivity (Wildman–Crippen MR) is 59.6 cm³/mol. The van der Waals surface area contributed by atoms with Gasteiger partial charge in [0.15, 0.2) is 17.9 Å². The third kappa shape index (κ3) is 2.07. The third-order valence-corrected chi connectivity index (χ3v) is 3.46.